The lowest BCUT2D eigenvalue weighted by atomic mass is 10.0. The smallest absolute Gasteiger partial charge is 0.237 e. The van der Waals surface area contributed by atoms with Gasteiger partial charge in [0.05, 0.1) is 12.1 Å². The van der Waals surface area contributed by atoms with Gasteiger partial charge in [0.15, 0.2) is 0 Å². The van der Waals surface area contributed by atoms with Crippen LogP contribution in [0.4, 0.5) is 0 Å². The monoisotopic (exact) mass is 269 g/mol. The predicted molar refractivity (Wildman–Crippen MR) is 78.9 cm³/mol. The quantitative estimate of drug-likeness (QED) is 0.870. The highest BCUT2D eigenvalue weighted by molar-refractivity contribution is 5.82. The number of pyridine rings is 1. The Hall–Kier alpha value is -2.20. The van der Waals surface area contributed by atoms with E-state index in [1.807, 2.05) is 49.4 Å². The second-order valence-corrected chi connectivity index (χ2v) is 4.81. The Morgan fingerprint density at radius 3 is 2.50 bits per heavy atom. The highest BCUT2D eigenvalue weighted by atomic mass is 16.2. The van der Waals surface area contributed by atoms with E-state index < -0.39 is 6.04 Å². The molecule has 4 nitrogen and oxygen atoms in total. The van der Waals surface area contributed by atoms with E-state index in [9.17, 15) is 4.79 Å². The lowest BCUT2D eigenvalue weighted by molar-refractivity contribution is -0.123. The fourth-order valence-electron chi connectivity index (χ4n) is 2.02. The van der Waals surface area contributed by atoms with Gasteiger partial charge in [0.2, 0.25) is 5.91 Å². The molecule has 0 saturated carbocycles. The summed E-state index contributed by atoms with van der Waals surface area (Å²) in [6.07, 6.45) is 3.96. The Balaban J connectivity index is 1.91. The molecular weight excluding hydrogens is 250 g/mol. The van der Waals surface area contributed by atoms with Crippen molar-refractivity contribution in [3.05, 3.63) is 66.0 Å². The van der Waals surface area contributed by atoms with Crippen molar-refractivity contribution in [1.82, 2.24) is 10.3 Å². The highest BCUT2D eigenvalue weighted by Crippen LogP contribution is 2.10. The van der Waals surface area contributed by atoms with E-state index in [0.29, 0.717) is 6.42 Å². The molecule has 0 fully saturated rings. The zero-order chi connectivity index (χ0) is 14.4. The lowest BCUT2D eigenvalue weighted by Crippen LogP contribution is -2.42. The normalized spacial score (nSPS) is 13.5. The number of rotatable bonds is 5. The van der Waals surface area contributed by atoms with Crippen LogP contribution >= 0.6 is 0 Å². The zero-order valence-electron chi connectivity index (χ0n) is 11.5. The van der Waals surface area contributed by atoms with Crippen molar-refractivity contribution in [3.63, 3.8) is 0 Å². The van der Waals surface area contributed by atoms with Crippen LogP contribution in [0.5, 0.6) is 0 Å². The molecule has 1 aromatic carbocycles. The van der Waals surface area contributed by atoms with Crippen LogP contribution < -0.4 is 11.1 Å². The minimum absolute atomic E-state index is 0.0766. The molecule has 0 radical (unpaired) electrons. The van der Waals surface area contributed by atoms with Gasteiger partial charge in [0.1, 0.15) is 0 Å². The maximum Gasteiger partial charge on any atom is 0.237 e. The first-order chi connectivity index (χ1) is 9.66. The van der Waals surface area contributed by atoms with E-state index in [1.54, 1.807) is 12.4 Å². The van der Waals surface area contributed by atoms with Crippen LogP contribution in [0.3, 0.4) is 0 Å². The SMILES string of the molecule is C[C@@H](NC(=O)C(N)Cc1ccccc1)c1ccncc1. The van der Waals surface area contributed by atoms with Crippen molar-refractivity contribution >= 4 is 5.91 Å². The third-order valence-electron chi connectivity index (χ3n) is 3.20. The molecule has 3 N–H and O–H groups in total. The summed E-state index contributed by atoms with van der Waals surface area (Å²) in [5.74, 6) is -0.141. The largest absolute Gasteiger partial charge is 0.348 e. The van der Waals surface area contributed by atoms with E-state index >= 15 is 0 Å². The third kappa shape index (κ3) is 3.90. The van der Waals surface area contributed by atoms with Gasteiger partial charge in [-0.15, -0.1) is 0 Å². The van der Waals surface area contributed by atoms with Crippen LogP contribution in [0.15, 0.2) is 54.9 Å². The third-order valence-corrected chi connectivity index (χ3v) is 3.20. The van der Waals surface area contributed by atoms with Gasteiger partial charge in [0.25, 0.3) is 0 Å². The summed E-state index contributed by atoms with van der Waals surface area (Å²) in [7, 11) is 0. The maximum atomic E-state index is 12.1. The number of hydrogen-bond acceptors (Lipinski definition) is 3. The molecule has 1 aromatic heterocycles. The minimum atomic E-state index is -0.540. The first-order valence-corrected chi connectivity index (χ1v) is 6.66. The Kier molecular flexibility index (Phi) is 4.85. The number of carbonyl (C=O) groups excluding carboxylic acids is 1. The summed E-state index contributed by atoms with van der Waals surface area (Å²) < 4.78 is 0. The van der Waals surface area contributed by atoms with Crippen LogP contribution in [0.25, 0.3) is 0 Å². The molecule has 0 spiro atoms. The summed E-state index contributed by atoms with van der Waals surface area (Å²) in [5, 5.41) is 2.92. The molecule has 2 rings (SSSR count). The molecule has 104 valence electrons. The number of benzene rings is 1. The molecule has 0 aliphatic carbocycles. The second-order valence-electron chi connectivity index (χ2n) is 4.81. The zero-order valence-corrected chi connectivity index (χ0v) is 11.5. The van der Waals surface area contributed by atoms with E-state index in [4.69, 9.17) is 5.73 Å². The van der Waals surface area contributed by atoms with E-state index in [2.05, 4.69) is 10.3 Å². The van der Waals surface area contributed by atoms with Crippen molar-refractivity contribution in [1.29, 1.82) is 0 Å². The van der Waals surface area contributed by atoms with Gasteiger partial charge in [-0.05, 0) is 36.6 Å². The van der Waals surface area contributed by atoms with Gasteiger partial charge >= 0.3 is 0 Å². The molecule has 2 atom stereocenters. The molecule has 2 aromatic rings. The Morgan fingerprint density at radius 1 is 1.20 bits per heavy atom. The van der Waals surface area contributed by atoms with Crippen LogP contribution in [0.1, 0.15) is 24.1 Å². The molecule has 0 saturated heterocycles. The molecule has 0 bridgehead atoms. The fourth-order valence-corrected chi connectivity index (χ4v) is 2.02. The summed E-state index contributed by atoms with van der Waals surface area (Å²) in [5.41, 5.74) is 8.03. The second kappa shape index (κ2) is 6.82. The number of hydrogen-bond donors (Lipinski definition) is 2. The molecule has 4 heteroatoms. The minimum Gasteiger partial charge on any atom is -0.348 e. The fraction of sp³-hybridized carbons (Fsp3) is 0.250. The van der Waals surface area contributed by atoms with Gasteiger partial charge in [-0.2, -0.15) is 0 Å². The number of aromatic nitrogens is 1. The summed E-state index contributed by atoms with van der Waals surface area (Å²) in [4.78, 5) is 16.0. The van der Waals surface area contributed by atoms with Crippen LogP contribution in [0.2, 0.25) is 0 Å². The van der Waals surface area contributed by atoms with E-state index in [-0.39, 0.29) is 11.9 Å². The average Bonchev–Trinajstić information content (AvgIpc) is 2.49. The van der Waals surface area contributed by atoms with Crippen LogP contribution in [-0.4, -0.2) is 16.9 Å². The maximum absolute atomic E-state index is 12.1. The first-order valence-electron chi connectivity index (χ1n) is 6.66. The van der Waals surface area contributed by atoms with E-state index in [1.165, 1.54) is 0 Å². The van der Waals surface area contributed by atoms with Crippen molar-refractivity contribution < 1.29 is 4.79 Å². The van der Waals surface area contributed by atoms with Gasteiger partial charge in [-0.25, -0.2) is 0 Å². The number of nitrogens with zero attached hydrogens (tertiary/aromatic N) is 1. The van der Waals surface area contributed by atoms with E-state index in [0.717, 1.165) is 11.1 Å². The predicted octanol–water partition coefficient (Wildman–Crippen LogP) is 1.83. The van der Waals surface area contributed by atoms with Gasteiger partial charge in [-0.3, -0.25) is 9.78 Å². The van der Waals surface area contributed by atoms with Gasteiger partial charge < -0.3 is 11.1 Å². The topological polar surface area (TPSA) is 68.0 Å². The number of nitrogens with two attached hydrogens (primary N) is 1. The number of amides is 1. The summed E-state index contributed by atoms with van der Waals surface area (Å²) in [6.45, 7) is 1.93. The van der Waals surface area contributed by atoms with Crippen LogP contribution in [-0.2, 0) is 11.2 Å². The highest BCUT2D eigenvalue weighted by Gasteiger charge is 2.16. The van der Waals surface area contributed by atoms with Gasteiger partial charge in [0, 0.05) is 12.4 Å². The molecular formula is C16H19N3O. The van der Waals surface area contributed by atoms with Gasteiger partial charge in [-0.1, -0.05) is 30.3 Å². The van der Waals surface area contributed by atoms with Crippen molar-refractivity contribution in [2.75, 3.05) is 0 Å². The Bertz CT molecular complexity index is 542. The van der Waals surface area contributed by atoms with Crippen molar-refractivity contribution in [2.45, 2.75) is 25.4 Å². The molecule has 20 heavy (non-hydrogen) atoms. The lowest BCUT2D eigenvalue weighted by Gasteiger charge is -2.17. The van der Waals surface area contributed by atoms with Crippen molar-refractivity contribution in [2.24, 2.45) is 5.73 Å². The molecule has 0 aliphatic rings. The van der Waals surface area contributed by atoms with Crippen molar-refractivity contribution in [3.8, 4) is 0 Å². The number of carbonyl (C=O) groups is 1. The summed E-state index contributed by atoms with van der Waals surface area (Å²) >= 11 is 0. The number of nitrogens with one attached hydrogen (secondary N) is 1. The molecule has 1 unspecified atom stereocenters. The van der Waals surface area contributed by atoms with Crippen LogP contribution in [0, 0.1) is 0 Å². The summed E-state index contributed by atoms with van der Waals surface area (Å²) in [6, 6.07) is 12.9. The first kappa shape index (κ1) is 14.2. The molecule has 0 aliphatic heterocycles. The molecule has 1 heterocycles. The molecule has 1 amide bonds. The standard InChI is InChI=1S/C16H19N3O/c1-12(14-7-9-18-10-8-14)19-16(20)15(17)11-13-5-3-2-4-6-13/h2-10,12,15H,11,17H2,1H3,(H,19,20)/t12-,15?/m1/s1. The average molecular weight is 269 g/mol. The Morgan fingerprint density at radius 2 is 1.85 bits per heavy atom. The Labute approximate surface area is 119 Å².